The highest BCUT2D eigenvalue weighted by Crippen LogP contribution is 2.33. The van der Waals surface area contributed by atoms with Gasteiger partial charge in [-0.15, -0.1) is 0 Å². The average molecular weight is 611 g/mol. The summed E-state index contributed by atoms with van der Waals surface area (Å²) in [5.41, 5.74) is -0.738. The van der Waals surface area contributed by atoms with Crippen molar-refractivity contribution in [3.05, 3.63) is 70.6 Å². The third kappa shape index (κ3) is 8.20. The molecule has 4 rings (SSSR count). The quantitative estimate of drug-likeness (QED) is 0.265. The number of alkyl halides is 3. The van der Waals surface area contributed by atoms with Crippen LogP contribution < -0.4 is 15.0 Å². The van der Waals surface area contributed by atoms with E-state index in [1.54, 1.807) is 6.07 Å². The number of amides is 1. The Balaban J connectivity index is 1.38. The van der Waals surface area contributed by atoms with Gasteiger partial charge in [0.2, 0.25) is 5.95 Å². The van der Waals surface area contributed by atoms with Crippen LogP contribution in [0.25, 0.3) is 0 Å². The normalized spacial score (nSPS) is 14.7. The van der Waals surface area contributed by atoms with Gasteiger partial charge in [0, 0.05) is 61.7 Å². The van der Waals surface area contributed by atoms with E-state index < -0.39 is 30.2 Å². The van der Waals surface area contributed by atoms with E-state index in [0.29, 0.717) is 19.2 Å². The summed E-state index contributed by atoms with van der Waals surface area (Å²) < 4.78 is 59.9. The summed E-state index contributed by atoms with van der Waals surface area (Å²) in [6.07, 6.45) is -4.83. The molecule has 14 heteroatoms. The molecule has 0 unspecified atom stereocenters. The maximum atomic E-state index is 14.8. The van der Waals surface area contributed by atoms with Crippen molar-refractivity contribution in [2.75, 3.05) is 49.5 Å². The number of aromatic nitrogens is 2. The molecule has 2 aromatic carbocycles. The number of carboxylic acid groups (broad SMARTS) is 1. The highest BCUT2D eigenvalue weighted by molar-refractivity contribution is 6.31. The molecule has 0 saturated carbocycles. The molecule has 1 aliphatic heterocycles. The second kappa shape index (κ2) is 13.5. The van der Waals surface area contributed by atoms with E-state index in [2.05, 4.69) is 38.9 Å². The summed E-state index contributed by atoms with van der Waals surface area (Å²) in [7, 11) is 0. The second-order valence-electron chi connectivity index (χ2n) is 10.0. The Labute approximate surface area is 245 Å². The fourth-order valence-corrected chi connectivity index (χ4v) is 4.64. The van der Waals surface area contributed by atoms with Crippen molar-refractivity contribution in [2.45, 2.75) is 32.6 Å². The van der Waals surface area contributed by atoms with Gasteiger partial charge in [-0.25, -0.2) is 14.2 Å². The molecule has 1 aliphatic rings. The number of halogens is 5. The lowest BCUT2D eigenvalue weighted by Crippen LogP contribution is -2.49. The van der Waals surface area contributed by atoms with Crippen LogP contribution >= 0.6 is 11.6 Å². The largest absolute Gasteiger partial charge is 0.489 e. The summed E-state index contributed by atoms with van der Waals surface area (Å²) in [5.74, 6) is -0.691. The summed E-state index contributed by atoms with van der Waals surface area (Å²) in [6, 6.07) is 8.68. The van der Waals surface area contributed by atoms with Gasteiger partial charge in [-0.05, 0) is 55.8 Å². The molecule has 0 atom stereocenters. The predicted molar refractivity (Wildman–Crippen MR) is 151 cm³/mol. The van der Waals surface area contributed by atoms with Crippen LogP contribution in [0.3, 0.4) is 0 Å². The van der Waals surface area contributed by atoms with Gasteiger partial charge < -0.3 is 15.2 Å². The van der Waals surface area contributed by atoms with Gasteiger partial charge in [-0.2, -0.15) is 18.2 Å². The van der Waals surface area contributed by atoms with E-state index >= 15 is 0 Å². The number of benzene rings is 2. The minimum Gasteiger partial charge on any atom is -0.489 e. The number of piperazine rings is 1. The van der Waals surface area contributed by atoms with Crippen molar-refractivity contribution in [3.8, 4) is 5.75 Å². The first kappa shape index (κ1) is 31.3. The minimum absolute atomic E-state index is 0.0341. The molecule has 226 valence electrons. The molecule has 1 saturated heterocycles. The van der Waals surface area contributed by atoms with E-state index in [1.807, 2.05) is 0 Å². The maximum Gasteiger partial charge on any atom is 0.416 e. The molecular weight excluding hydrogens is 580 g/mol. The van der Waals surface area contributed by atoms with Crippen LogP contribution in [0, 0.1) is 5.82 Å². The first-order chi connectivity index (χ1) is 19.9. The number of carbonyl (C=O) groups is 1. The van der Waals surface area contributed by atoms with Crippen LogP contribution in [-0.4, -0.2) is 76.3 Å². The van der Waals surface area contributed by atoms with E-state index in [9.17, 15) is 27.5 Å². The van der Waals surface area contributed by atoms with Crippen LogP contribution in [0.2, 0.25) is 5.02 Å². The SMILES string of the molecule is CC(C)N1CCN(CCOc2ccc(Nc3nccc(N(Cc4cc(C(F)(F)F)ccc4Cl)C(=O)O)n3)cc2F)CC1. The number of hydrogen-bond acceptors (Lipinski definition) is 7. The zero-order valence-electron chi connectivity index (χ0n) is 23.0. The summed E-state index contributed by atoms with van der Waals surface area (Å²) in [5, 5.41) is 12.5. The lowest BCUT2D eigenvalue weighted by Gasteiger charge is -2.36. The van der Waals surface area contributed by atoms with Gasteiger partial charge in [-0.3, -0.25) is 14.7 Å². The van der Waals surface area contributed by atoms with E-state index in [1.165, 1.54) is 24.4 Å². The number of nitrogens with one attached hydrogen (secondary N) is 1. The first-order valence-corrected chi connectivity index (χ1v) is 13.6. The molecule has 0 spiro atoms. The van der Waals surface area contributed by atoms with Crippen LogP contribution in [0.15, 0.2) is 48.7 Å². The molecular formula is C28H31ClF4N6O3. The lowest BCUT2D eigenvalue weighted by atomic mass is 10.1. The molecule has 0 radical (unpaired) electrons. The van der Waals surface area contributed by atoms with Crippen LogP contribution in [0.1, 0.15) is 25.0 Å². The van der Waals surface area contributed by atoms with Crippen molar-refractivity contribution in [3.63, 3.8) is 0 Å². The molecule has 0 bridgehead atoms. The van der Waals surface area contributed by atoms with Gasteiger partial charge in [0.05, 0.1) is 12.1 Å². The van der Waals surface area contributed by atoms with Gasteiger partial charge >= 0.3 is 12.3 Å². The molecule has 1 amide bonds. The Morgan fingerprint density at radius 1 is 1.14 bits per heavy atom. The Hall–Kier alpha value is -3.68. The highest BCUT2D eigenvalue weighted by Gasteiger charge is 2.31. The molecule has 1 aromatic heterocycles. The van der Waals surface area contributed by atoms with Crippen LogP contribution in [-0.2, 0) is 12.7 Å². The Morgan fingerprint density at radius 3 is 2.52 bits per heavy atom. The molecule has 3 aromatic rings. The van der Waals surface area contributed by atoms with Crippen molar-refractivity contribution in [1.29, 1.82) is 0 Å². The van der Waals surface area contributed by atoms with E-state index in [4.69, 9.17) is 16.3 Å². The topological polar surface area (TPSA) is 94.1 Å². The molecule has 1 fully saturated rings. The predicted octanol–water partition coefficient (Wildman–Crippen LogP) is 6.12. The third-order valence-corrected chi connectivity index (χ3v) is 7.21. The maximum absolute atomic E-state index is 14.8. The average Bonchev–Trinajstić information content (AvgIpc) is 2.93. The Kier molecular flexibility index (Phi) is 10.1. The molecule has 2 N–H and O–H groups in total. The molecule has 0 aliphatic carbocycles. The number of rotatable bonds is 10. The second-order valence-corrected chi connectivity index (χ2v) is 10.4. The zero-order valence-corrected chi connectivity index (χ0v) is 23.8. The summed E-state index contributed by atoms with van der Waals surface area (Å²) in [4.78, 5) is 25.6. The van der Waals surface area contributed by atoms with Gasteiger partial charge in [0.25, 0.3) is 0 Å². The lowest BCUT2D eigenvalue weighted by molar-refractivity contribution is -0.137. The zero-order chi connectivity index (χ0) is 30.4. The number of anilines is 3. The molecule has 9 nitrogen and oxygen atoms in total. The fraction of sp³-hybridized carbons (Fsp3) is 0.393. The van der Waals surface area contributed by atoms with Gasteiger partial charge in [0.1, 0.15) is 12.4 Å². The monoisotopic (exact) mass is 610 g/mol. The minimum atomic E-state index is -4.63. The van der Waals surface area contributed by atoms with Crippen molar-refractivity contribution < 1.29 is 32.2 Å². The van der Waals surface area contributed by atoms with Crippen molar-refractivity contribution in [1.82, 2.24) is 19.8 Å². The number of nitrogens with zero attached hydrogens (tertiary/aromatic N) is 5. The standard InChI is InChI=1S/C28H31ClF4N6O3/c1-18(2)38-11-9-37(10-12-38)13-14-42-24-6-4-21(16-23(24)30)35-26-34-8-7-25(36-26)39(27(40)41)17-19-15-20(28(31,32)33)3-5-22(19)29/h3-8,15-16,18H,9-14,17H2,1-2H3,(H,40,41)(H,34,35,36). The van der Waals surface area contributed by atoms with Gasteiger partial charge in [0.15, 0.2) is 11.6 Å². The van der Waals surface area contributed by atoms with Crippen molar-refractivity contribution >= 4 is 35.1 Å². The van der Waals surface area contributed by atoms with Gasteiger partial charge in [-0.1, -0.05) is 11.6 Å². The van der Waals surface area contributed by atoms with Crippen LogP contribution in [0.4, 0.5) is 39.8 Å². The fourth-order valence-electron chi connectivity index (χ4n) is 4.46. The summed E-state index contributed by atoms with van der Waals surface area (Å²) in [6.45, 7) is 8.69. The van der Waals surface area contributed by atoms with Crippen LogP contribution in [0.5, 0.6) is 5.75 Å². The molecule has 42 heavy (non-hydrogen) atoms. The number of ether oxygens (including phenoxy) is 1. The molecule has 2 heterocycles. The summed E-state index contributed by atoms with van der Waals surface area (Å²) >= 11 is 6.05. The highest BCUT2D eigenvalue weighted by atomic mass is 35.5. The number of hydrogen-bond donors (Lipinski definition) is 2. The van der Waals surface area contributed by atoms with E-state index in [0.717, 1.165) is 49.3 Å². The first-order valence-electron chi connectivity index (χ1n) is 13.3. The van der Waals surface area contributed by atoms with Crippen molar-refractivity contribution in [2.24, 2.45) is 0 Å². The Bertz CT molecular complexity index is 1390. The smallest absolute Gasteiger partial charge is 0.416 e. The Morgan fingerprint density at radius 2 is 1.88 bits per heavy atom. The third-order valence-electron chi connectivity index (χ3n) is 6.84. The van der Waals surface area contributed by atoms with E-state index in [-0.39, 0.29) is 33.8 Å².